The van der Waals surface area contributed by atoms with Crippen LogP contribution in [0.2, 0.25) is 0 Å². The van der Waals surface area contributed by atoms with Gasteiger partial charge >= 0.3 is 0 Å². The molecule has 1 aromatic carbocycles. The smallest absolute Gasteiger partial charge is 0.263 e. The fourth-order valence-corrected chi connectivity index (χ4v) is 2.92. The summed E-state index contributed by atoms with van der Waals surface area (Å²) < 4.78 is 5.62. The van der Waals surface area contributed by atoms with Gasteiger partial charge in [-0.1, -0.05) is 25.0 Å². The van der Waals surface area contributed by atoms with Crippen molar-refractivity contribution in [2.24, 2.45) is 0 Å². The minimum Gasteiger partial charge on any atom is -0.480 e. The van der Waals surface area contributed by atoms with Gasteiger partial charge in [0.05, 0.1) is 11.2 Å². The van der Waals surface area contributed by atoms with Crippen LogP contribution in [0.15, 0.2) is 24.3 Å². The maximum absolute atomic E-state index is 12.4. The standard InChI is InChI=1S/C17H22N2O3/c1-13(22-15-8-4-3-7-14(15)11-18)16(20)19(2)12-17(21)9-5-6-10-17/h3-4,7-8,13,21H,5-6,9-10,12H2,1-2H3. The van der Waals surface area contributed by atoms with Gasteiger partial charge in [0.15, 0.2) is 6.10 Å². The van der Waals surface area contributed by atoms with Gasteiger partial charge in [0.2, 0.25) is 0 Å². The molecular formula is C17H22N2O3. The van der Waals surface area contributed by atoms with Crippen molar-refractivity contribution in [3.8, 4) is 11.8 Å². The summed E-state index contributed by atoms with van der Waals surface area (Å²) >= 11 is 0. The van der Waals surface area contributed by atoms with E-state index in [0.717, 1.165) is 25.7 Å². The monoisotopic (exact) mass is 302 g/mol. The minimum atomic E-state index is -0.769. The normalized spacial score (nSPS) is 17.5. The van der Waals surface area contributed by atoms with E-state index in [-0.39, 0.29) is 5.91 Å². The third kappa shape index (κ3) is 3.77. The number of nitriles is 1. The molecule has 0 saturated heterocycles. The number of nitrogens with zero attached hydrogens (tertiary/aromatic N) is 2. The molecule has 118 valence electrons. The zero-order valence-corrected chi connectivity index (χ0v) is 13.1. The van der Waals surface area contributed by atoms with Crippen LogP contribution in [-0.4, -0.2) is 41.2 Å². The molecule has 0 aromatic heterocycles. The number of hydrogen-bond donors (Lipinski definition) is 1. The quantitative estimate of drug-likeness (QED) is 0.904. The first-order valence-electron chi connectivity index (χ1n) is 7.58. The molecular weight excluding hydrogens is 280 g/mol. The third-order valence-electron chi connectivity index (χ3n) is 4.10. The lowest BCUT2D eigenvalue weighted by Crippen LogP contribution is -2.46. The summed E-state index contributed by atoms with van der Waals surface area (Å²) in [5, 5.41) is 19.4. The maximum Gasteiger partial charge on any atom is 0.263 e. The van der Waals surface area contributed by atoms with Crippen LogP contribution in [0.4, 0.5) is 0 Å². The highest BCUT2D eigenvalue weighted by Gasteiger charge is 2.34. The van der Waals surface area contributed by atoms with E-state index >= 15 is 0 Å². The first-order valence-corrected chi connectivity index (χ1v) is 7.58. The second-order valence-electron chi connectivity index (χ2n) is 5.99. The molecule has 2 rings (SSSR count). The molecule has 0 spiro atoms. The average molecular weight is 302 g/mol. The molecule has 1 amide bonds. The summed E-state index contributed by atoms with van der Waals surface area (Å²) in [7, 11) is 1.68. The highest BCUT2D eigenvalue weighted by molar-refractivity contribution is 5.80. The maximum atomic E-state index is 12.4. The van der Waals surface area contributed by atoms with E-state index in [9.17, 15) is 9.90 Å². The van der Waals surface area contributed by atoms with Crippen molar-refractivity contribution in [2.45, 2.75) is 44.3 Å². The van der Waals surface area contributed by atoms with Gasteiger partial charge in [0, 0.05) is 13.6 Å². The number of amides is 1. The van der Waals surface area contributed by atoms with Gasteiger partial charge in [-0.3, -0.25) is 4.79 Å². The Morgan fingerprint density at radius 2 is 2.09 bits per heavy atom. The zero-order chi connectivity index (χ0) is 16.2. The van der Waals surface area contributed by atoms with E-state index in [1.807, 2.05) is 6.07 Å². The van der Waals surface area contributed by atoms with Crippen molar-refractivity contribution in [3.05, 3.63) is 29.8 Å². The van der Waals surface area contributed by atoms with Crippen LogP contribution in [0.25, 0.3) is 0 Å². The fourth-order valence-electron chi connectivity index (χ4n) is 2.92. The van der Waals surface area contributed by atoms with Crippen LogP contribution in [0.5, 0.6) is 5.75 Å². The van der Waals surface area contributed by atoms with Crippen LogP contribution in [0.1, 0.15) is 38.2 Å². The van der Waals surface area contributed by atoms with Crippen molar-refractivity contribution in [1.29, 1.82) is 5.26 Å². The Labute approximate surface area is 131 Å². The van der Waals surface area contributed by atoms with Gasteiger partial charge < -0.3 is 14.7 Å². The Morgan fingerprint density at radius 3 is 2.73 bits per heavy atom. The second-order valence-corrected chi connectivity index (χ2v) is 5.99. The molecule has 1 aliphatic carbocycles. The number of likely N-dealkylation sites (N-methyl/N-ethyl adjacent to an activating group) is 1. The number of hydrogen-bond acceptors (Lipinski definition) is 4. The molecule has 0 heterocycles. The van der Waals surface area contributed by atoms with E-state index in [1.165, 1.54) is 4.90 Å². The van der Waals surface area contributed by atoms with Gasteiger partial charge in [0.1, 0.15) is 11.8 Å². The second kappa shape index (κ2) is 6.80. The van der Waals surface area contributed by atoms with E-state index in [1.54, 1.807) is 38.2 Å². The Kier molecular flexibility index (Phi) is 5.04. The van der Waals surface area contributed by atoms with Gasteiger partial charge in [-0.15, -0.1) is 0 Å². The topological polar surface area (TPSA) is 73.6 Å². The summed E-state index contributed by atoms with van der Waals surface area (Å²) in [5.74, 6) is 0.201. The van der Waals surface area contributed by atoms with Crippen LogP contribution >= 0.6 is 0 Å². The van der Waals surface area contributed by atoms with Crippen LogP contribution in [0.3, 0.4) is 0 Å². The number of para-hydroxylation sites is 1. The van der Waals surface area contributed by atoms with Crippen LogP contribution in [-0.2, 0) is 4.79 Å². The molecule has 0 bridgehead atoms. The number of carbonyl (C=O) groups excluding carboxylic acids is 1. The summed E-state index contributed by atoms with van der Waals surface area (Å²) in [5.41, 5.74) is -0.367. The molecule has 0 aliphatic heterocycles. The van der Waals surface area contributed by atoms with Crippen molar-refractivity contribution < 1.29 is 14.6 Å². The molecule has 1 aromatic rings. The van der Waals surface area contributed by atoms with Gasteiger partial charge in [-0.25, -0.2) is 0 Å². The lowest BCUT2D eigenvalue weighted by atomic mass is 10.0. The fraction of sp³-hybridized carbons (Fsp3) is 0.529. The lowest BCUT2D eigenvalue weighted by molar-refractivity contribution is -0.139. The number of aliphatic hydroxyl groups is 1. The molecule has 22 heavy (non-hydrogen) atoms. The third-order valence-corrected chi connectivity index (χ3v) is 4.10. The predicted octanol–water partition coefficient (Wildman–Crippen LogP) is 2.09. The minimum absolute atomic E-state index is 0.201. The summed E-state index contributed by atoms with van der Waals surface area (Å²) in [4.78, 5) is 13.9. The molecule has 1 aliphatic rings. The molecule has 1 unspecified atom stereocenters. The molecule has 1 atom stereocenters. The van der Waals surface area contributed by atoms with Gasteiger partial charge in [0.25, 0.3) is 5.91 Å². The number of ether oxygens (including phenoxy) is 1. The highest BCUT2D eigenvalue weighted by Crippen LogP contribution is 2.30. The predicted molar refractivity (Wildman–Crippen MR) is 82.3 cm³/mol. The molecule has 5 nitrogen and oxygen atoms in total. The first kappa shape index (κ1) is 16.3. The molecule has 5 heteroatoms. The van der Waals surface area contributed by atoms with Gasteiger partial charge in [-0.05, 0) is 31.9 Å². The molecule has 1 fully saturated rings. The van der Waals surface area contributed by atoms with Crippen molar-refractivity contribution >= 4 is 5.91 Å². The summed E-state index contributed by atoms with van der Waals surface area (Å²) in [6, 6.07) is 8.88. The van der Waals surface area contributed by atoms with Crippen molar-refractivity contribution in [3.63, 3.8) is 0 Å². The number of benzene rings is 1. The van der Waals surface area contributed by atoms with Crippen LogP contribution < -0.4 is 4.74 Å². The Balaban J connectivity index is 1.98. The highest BCUT2D eigenvalue weighted by atomic mass is 16.5. The largest absolute Gasteiger partial charge is 0.480 e. The molecule has 1 saturated carbocycles. The Bertz CT molecular complexity index is 574. The zero-order valence-electron chi connectivity index (χ0n) is 13.1. The van der Waals surface area contributed by atoms with E-state index < -0.39 is 11.7 Å². The average Bonchev–Trinajstić information content (AvgIpc) is 2.93. The van der Waals surface area contributed by atoms with E-state index in [2.05, 4.69) is 0 Å². The van der Waals surface area contributed by atoms with E-state index in [0.29, 0.717) is 17.9 Å². The number of rotatable bonds is 5. The Morgan fingerprint density at radius 1 is 1.45 bits per heavy atom. The van der Waals surface area contributed by atoms with Crippen molar-refractivity contribution in [2.75, 3.05) is 13.6 Å². The lowest BCUT2D eigenvalue weighted by Gasteiger charge is -2.30. The van der Waals surface area contributed by atoms with Crippen LogP contribution in [0, 0.1) is 11.3 Å². The van der Waals surface area contributed by atoms with E-state index in [4.69, 9.17) is 10.00 Å². The summed E-state index contributed by atoms with van der Waals surface area (Å²) in [6.07, 6.45) is 2.76. The summed E-state index contributed by atoms with van der Waals surface area (Å²) in [6.45, 7) is 1.98. The van der Waals surface area contributed by atoms with Gasteiger partial charge in [-0.2, -0.15) is 5.26 Å². The first-order chi connectivity index (χ1) is 10.4. The Hall–Kier alpha value is -2.06. The van der Waals surface area contributed by atoms with Crippen molar-refractivity contribution in [1.82, 2.24) is 4.90 Å². The SMILES string of the molecule is CC(Oc1ccccc1C#N)C(=O)N(C)CC1(O)CCCC1. The molecule has 1 N–H and O–H groups in total. The molecule has 0 radical (unpaired) electrons. The number of carbonyl (C=O) groups is 1.